The molecule has 0 saturated carbocycles. The Bertz CT molecular complexity index is 1290. The Labute approximate surface area is 189 Å². The second-order valence-electron chi connectivity index (χ2n) is 8.33. The van der Waals surface area contributed by atoms with Crippen molar-refractivity contribution in [2.45, 2.75) is 12.0 Å². The molecule has 0 fully saturated rings. The maximum absolute atomic E-state index is 3.60. The van der Waals surface area contributed by atoms with E-state index in [0.717, 1.165) is 11.4 Å². The molecule has 1 aliphatic heterocycles. The Balaban J connectivity index is 1.31. The molecule has 154 valence electrons. The van der Waals surface area contributed by atoms with Crippen LogP contribution in [0.4, 0.5) is 22.7 Å². The van der Waals surface area contributed by atoms with Crippen LogP contribution in [0.5, 0.6) is 0 Å². The minimum atomic E-state index is 0.317. The van der Waals surface area contributed by atoms with Crippen LogP contribution in [0, 0.1) is 0 Å². The molecule has 0 aromatic heterocycles. The van der Waals surface area contributed by atoms with Gasteiger partial charge in [-0.3, -0.25) is 0 Å². The van der Waals surface area contributed by atoms with Crippen LogP contribution in [0.2, 0.25) is 0 Å². The molecular formula is C30H24N2. The summed E-state index contributed by atoms with van der Waals surface area (Å²) in [6.45, 7) is 0. The molecule has 1 heterocycles. The van der Waals surface area contributed by atoms with Crippen molar-refractivity contribution < 1.29 is 0 Å². The molecule has 1 aliphatic carbocycles. The third kappa shape index (κ3) is 3.30. The third-order valence-corrected chi connectivity index (χ3v) is 6.37. The lowest BCUT2D eigenvalue weighted by Crippen LogP contribution is -2.28. The molecule has 1 N–H and O–H groups in total. The number of nitrogens with one attached hydrogen (secondary N) is 1. The minimum absolute atomic E-state index is 0.317. The van der Waals surface area contributed by atoms with Crippen LogP contribution in [0.25, 0.3) is 11.1 Å². The fraction of sp³-hybridized carbons (Fsp3) is 0.0667. The van der Waals surface area contributed by atoms with Gasteiger partial charge in [0.25, 0.3) is 0 Å². The number of rotatable bonds is 4. The van der Waals surface area contributed by atoms with Crippen LogP contribution < -0.4 is 10.2 Å². The second-order valence-corrected chi connectivity index (χ2v) is 8.33. The van der Waals surface area contributed by atoms with E-state index in [1.165, 1.54) is 28.1 Å². The van der Waals surface area contributed by atoms with Crippen LogP contribution in [-0.4, -0.2) is 6.04 Å². The maximum Gasteiger partial charge on any atom is 0.0629 e. The summed E-state index contributed by atoms with van der Waals surface area (Å²) in [5.41, 5.74) is 8.56. The van der Waals surface area contributed by atoms with Gasteiger partial charge < -0.3 is 10.2 Å². The molecule has 2 aliphatic rings. The zero-order chi connectivity index (χ0) is 21.3. The molecule has 6 rings (SSSR count). The van der Waals surface area contributed by atoms with Gasteiger partial charge in [0.05, 0.1) is 6.04 Å². The van der Waals surface area contributed by atoms with Gasteiger partial charge in [0.15, 0.2) is 0 Å². The van der Waals surface area contributed by atoms with Crippen molar-refractivity contribution in [1.29, 1.82) is 0 Å². The van der Waals surface area contributed by atoms with Gasteiger partial charge in [-0.1, -0.05) is 85.0 Å². The lowest BCUT2D eigenvalue weighted by molar-refractivity contribution is 0.745. The predicted octanol–water partition coefficient (Wildman–Crippen LogP) is 7.83. The molecular weight excluding hydrogens is 388 g/mol. The first kappa shape index (κ1) is 18.7. The standard InChI is InChI=1S/C30H24N2/c1-3-9-22(10-4-1)23-15-17-24(18-16-23)31-25-19-20-30-28(21-25)27-13-7-8-14-29(27)32(30)26-11-5-2-6-12-26/h1-21,27,29,31H. The molecule has 4 aromatic carbocycles. The van der Waals surface area contributed by atoms with E-state index in [-0.39, 0.29) is 0 Å². The van der Waals surface area contributed by atoms with Crippen molar-refractivity contribution in [1.82, 2.24) is 0 Å². The van der Waals surface area contributed by atoms with Crippen molar-refractivity contribution in [3.05, 3.63) is 133 Å². The monoisotopic (exact) mass is 412 g/mol. The van der Waals surface area contributed by atoms with Gasteiger partial charge in [0, 0.05) is 28.7 Å². The Morgan fingerprint density at radius 3 is 2.03 bits per heavy atom. The zero-order valence-electron chi connectivity index (χ0n) is 17.7. The predicted molar refractivity (Wildman–Crippen MR) is 135 cm³/mol. The van der Waals surface area contributed by atoms with Gasteiger partial charge in [-0.15, -0.1) is 0 Å². The minimum Gasteiger partial charge on any atom is -0.356 e. The van der Waals surface area contributed by atoms with Crippen LogP contribution >= 0.6 is 0 Å². The average molecular weight is 413 g/mol. The quantitative estimate of drug-likeness (QED) is 0.367. The highest BCUT2D eigenvalue weighted by atomic mass is 15.2. The summed E-state index contributed by atoms with van der Waals surface area (Å²) in [6, 6.07) is 36.9. The SMILES string of the molecule is C1=CC2c3cc(Nc4ccc(-c5ccccc5)cc4)ccc3N(c3ccccc3)C2C=C1. The first-order valence-electron chi connectivity index (χ1n) is 11.1. The molecule has 2 unspecified atom stereocenters. The summed E-state index contributed by atoms with van der Waals surface area (Å²) < 4.78 is 0. The number of para-hydroxylation sites is 1. The number of hydrogen-bond donors (Lipinski definition) is 1. The molecule has 0 saturated heterocycles. The van der Waals surface area contributed by atoms with Crippen molar-refractivity contribution in [2.75, 3.05) is 10.2 Å². The summed E-state index contributed by atoms with van der Waals surface area (Å²) in [7, 11) is 0. The highest BCUT2D eigenvalue weighted by Crippen LogP contribution is 2.48. The van der Waals surface area contributed by atoms with E-state index in [4.69, 9.17) is 0 Å². The van der Waals surface area contributed by atoms with Gasteiger partial charge in [-0.2, -0.15) is 0 Å². The fourth-order valence-corrected chi connectivity index (χ4v) is 4.85. The lowest BCUT2D eigenvalue weighted by atomic mass is 9.91. The zero-order valence-corrected chi connectivity index (χ0v) is 17.7. The summed E-state index contributed by atoms with van der Waals surface area (Å²) >= 11 is 0. The molecule has 2 atom stereocenters. The van der Waals surface area contributed by atoms with Gasteiger partial charge in [-0.25, -0.2) is 0 Å². The smallest absolute Gasteiger partial charge is 0.0629 e. The Kier molecular flexibility index (Phi) is 4.62. The van der Waals surface area contributed by atoms with Crippen LogP contribution in [0.3, 0.4) is 0 Å². The summed E-state index contributed by atoms with van der Waals surface area (Å²) in [5, 5.41) is 3.60. The average Bonchev–Trinajstić information content (AvgIpc) is 3.19. The number of allylic oxidation sites excluding steroid dienone is 2. The van der Waals surface area contributed by atoms with Gasteiger partial charge >= 0.3 is 0 Å². The largest absolute Gasteiger partial charge is 0.356 e. The Morgan fingerprint density at radius 2 is 1.25 bits per heavy atom. The van der Waals surface area contributed by atoms with Gasteiger partial charge in [0.1, 0.15) is 0 Å². The summed E-state index contributed by atoms with van der Waals surface area (Å²) in [4.78, 5) is 2.46. The number of fused-ring (bicyclic) bond motifs is 3. The Hall–Kier alpha value is -4.04. The first-order chi connectivity index (χ1) is 15.9. The number of benzene rings is 4. The summed E-state index contributed by atoms with van der Waals surface area (Å²) in [5.74, 6) is 0.359. The fourth-order valence-electron chi connectivity index (χ4n) is 4.85. The normalized spacial score (nSPS) is 18.3. The van der Waals surface area contributed by atoms with E-state index in [1.54, 1.807) is 0 Å². The second kappa shape index (κ2) is 7.90. The van der Waals surface area contributed by atoms with Crippen molar-refractivity contribution in [3.63, 3.8) is 0 Å². The molecule has 0 amide bonds. The van der Waals surface area contributed by atoms with Crippen molar-refractivity contribution in [3.8, 4) is 11.1 Å². The number of anilines is 4. The van der Waals surface area contributed by atoms with Gasteiger partial charge in [0.2, 0.25) is 0 Å². The van der Waals surface area contributed by atoms with Crippen LogP contribution in [-0.2, 0) is 0 Å². The Morgan fingerprint density at radius 1 is 0.594 bits per heavy atom. The molecule has 2 heteroatoms. The first-order valence-corrected chi connectivity index (χ1v) is 11.1. The van der Waals surface area contributed by atoms with E-state index in [9.17, 15) is 0 Å². The molecule has 4 aromatic rings. The van der Waals surface area contributed by atoms with E-state index in [0.29, 0.717) is 12.0 Å². The number of hydrogen-bond acceptors (Lipinski definition) is 2. The van der Waals surface area contributed by atoms with E-state index >= 15 is 0 Å². The summed E-state index contributed by atoms with van der Waals surface area (Å²) in [6.07, 6.45) is 8.97. The highest BCUT2D eigenvalue weighted by molar-refractivity contribution is 5.78. The highest BCUT2D eigenvalue weighted by Gasteiger charge is 2.37. The molecule has 0 spiro atoms. The molecule has 32 heavy (non-hydrogen) atoms. The van der Waals surface area contributed by atoms with Crippen molar-refractivity contribution in [2.24, 2.45) is 0 Å². The number of nitrogens with zero attached hydrogens (tertiary/aromatic N) is 1. The molecule has 0 bridgehead atoms. The van der Waals surface area contributed by atoms with Gasteiger partial charge in [-0.05, 0) is 59.2 Å². The molecule has 2 nitrogen and oxygen atoms in total. The van der Waals surface area contributed by atoms with E-state index < -0.39 is 0 Å². The van der Waals surface area contributed by atoms with E-state index in [1.807, 2.05) is 6.07 Å². The molecule has 0 radical (unpaired) electrons. The van der Waals surface area contributed by atoms with Crippen LogP contribution in [0.1, 0.15) is 11.5 Å². The third-order valence-electron chi connectivity index (χ3n) is 6.37. The van der Waals surface area contributed by atoms with E-state index in [2.05, 4.69) is 132 Å². The maximum atomic E-state index is 3.60. The lowest BCUT2D eigenvalue weighted by Gasteiger charge is -2.28. The van der Waals surface area contributed by atoms with Crippen molar-refractivity contribution >= 4 is 22.7 Å². The van der Waals surface area contributed by atoms with Crippen LogP contribution in [0.15, 0.2) is 127 Å². The topological polar surface area (TPSA) is 15.3 Å².